The Hall–Kier alpha value is -2.73. The van der Waals surface area contributed by atoms with Crippen molar-refractivity contribution in [3.05, 3.63) is 54.1 Å². The normalized spacial score (nSPS) is 16.2. The Kier molecular flexibility index (Phi) is 5.97. The van der Waals surface area contributed by atoms with E-state index in [1.165, 1.54) is 5.69 Å². The first-order valence-corrected chi connectivity index (χ1v) is 9.95. The van der Waals surface area contributed by atoms with E-state index in [1.54, 1.807) is 0 Å². The highest BCUT2D eigenvalue weighted by Crippen LogP contribution is 2.32. The second-order valence-electron chi connectivity index (χ2n) is 7.20. The van der Waals surface area contributed by atoms with Crippen LogP contribution in [0, 0.1) is 0 Å². The molecule has 2 aliphatic heterocycles. The van der Waals surface area contributed by atoms with Crippen LogP contribution in [0.2, 0.25) is 0 Å². The second-order valence-corrected chi connectivity index (χ2v) is 7.20. The fourth-order valence-electron chi connectivity index (χ4n) is 3.66. The van der Waals surface area contributed by atoms with E-state index >= 15 is 0 Å². The van der Waals surface area contributed by atoms with Gasteiger partial charge in [-0.05, 0) is 36.2 Å². The van der Waals surface area contributed by atoms with Crippen molar-refractivity contribution in [2.45, 2.75) is 12.8 Å². The molecule has 28 heavy (non-hydrogen) atoms. The number of nitrogens with one attached hydrogen (secondary N) is 1. The van der Waals surface area contributed by atoms with Crippen LogP contribution in [0.15, 0.2) is 48.5 Å². The number of benzene rings is 2. The Labute approximate surface area is 166 Å². The van der Waals surface area contributed by atoms with Crippen LogP contribution < -0.4 is 19.7 Å². The van der Waals surface area contributed by atoms with Crippen molar-refractivity contribution in [1.29, 1.82) is 0 Å². The standard InChI is InChI=1S/C22H27N3O3/c26-22(9-7-18-6-8-20-21(16-18)28-17-27-20)23-10-11-24-12-14-25(15-13-24)19-4-2-1-3-5-19/h1-6,8,16H,7,9-15,17H2,(H,23,26). The van der Waals surface area contributed by atoms with Crippen molar-refractivity contribution in [2.24, 2.45) is 0 Å². The summed E-state index contributed by atoms with van der Waals surface area (Å²) in [6.07, 6.45) is 1.19. The van der Waals surface area contributed by atoms with Gasteiger partial charge in [-0.15, -0.1) is 0 Å². The molecule has 0 atom stereocenters. The van der Waals surface area contributed by atoms with Gasteiger partial charge in [0.2, 0.25) is 12.7 Å². The first-order chi connectivity index (χ1) is 13.8. The molecule has 2 heterocycles. The summed E-state index contributed by atoms with van der Waals surface area (Å²) in [6.45, 7) is 6.00. The molecule has 1 amide bonds. The summed E-state index contributed by atoms with van der Waals surface area (Å²) in [4.78, 5) is 17.0. The molecule has 0 unspecified atom stereocenters. The van der Waals surface area contributed by atoms with Gasteiger partial charge in [-0.3, -0.25) is 9.69 Å². The number of nitrogens with zero attached hydrogens (tertiary/aromatic N) is 2. The van der Waals surface area contributed by atoms with Crippen LogP contribution in [-0.4, -0.2) is 56.9 Å². The van der Waals surface area contributed by atoms with Gasteiger partial charge in [0.15, 0.2) is 11.5 Å². The van der Waals surface area contributed by atoms with E-state index in [2.05, 4.69) is 45.4 Å². The number of hydrogen-bond donors (Lipinski definition) is 1. The third-order valence-electron chi connectivity index (χ3n) is 5.32. The average Bonchev–Trinajstić information content (AvgIpc) is 3.21. The summed E-state index contributed by atoms with van der Waals surface area (Å²) in [5.41, 5.74) is 2.38. The van der Waals surface area contributed by atoms with E-state index in [4.69, 9.17) is 9.47 Å². The molecule has 6 nitrogen and oxygen atoms in total. The van der Waals surface area contributed by atoms with E-state index < -0.39 is 0 Å². The molecule has 0 saturated carbocycles. The highest BCUT2D eigenvalue weighted by atomic mass is 16.7. The fraction of sp³-hybridized carbons (Fsp3) is 0.409. The molecule has 2 aromatic rings. The lowest BCUT2D eigenvalue weighted by atomic mass is 10.1. The van der Waals surface area contributed by atoms with Gasteiger partial charge >= 0.3 is 0 Å². The SMILES string of the molecule is O=C(CCc1ccc2c(c1)OCO2)NCCN1CCN(c2ccccc2)CC1. The number of ether oxygens (including phenoxy) is 2. The van der Waals surface area contributed by atoms with Crippen molar-refractivity contribution in [3.8, 4) is 11.5 Å². The topological polar surface area (TPSA) is 54.0 Å². The van der Waals surface area contributed by atoms with E-state index in [0.29, 0.717) is 19.4 Å². The highest BCUT2D eigenvalue weighted by Gasteiger charge is 2.17. The van der Waals surface area contributed by atoms with Crippen LogP contribution in [-0.2, 0) is 11.2 Å². The monoisotopic (exact) mass is 381 g/mol. The van der Waals surface area contributed by atoms with E-state index in [0.717, 1.165) is 49.8 Å². The maximum Gasteiger partial charge on any atom is 0.231 e. The molecule has 0 aliphatic carbocycles. The molecule has 1 fully saturated rings. The quantitative estimate of drug-likeness (QED) is 0.798. The molecule has 1 saturated heterocycles. The number of para-hydroxylation sites is 1. The Morgan fingerprint density at radius 3 is 2.57 bits per heavy atom. The van der Waals surface area contributed by atoms with Gasteiger partial charge in [-0.25, -0.2) is 0 Å². The second kappa shape index (κ2) is 8.97. The molecule has 0 aromatic heterocycles. The van der Waals surface area contributed by atoms with Gasteiger partial charge in [-0.1, -0.05) is 24.3 Å². The molecular weight excluding hydrogens is 354 g/mol. The molecule has 0 spiro atoms. The number of anilines is 1. The lowest BCUT2D eigenvalue weighted by Crippen LogP contribution is -2.48. The zero-order valence-electron chi connectivity index (χ0n) is 16.1. The third kappa shape index (κ3) is 4.75. The van der Waals surface area contributed by atoms with Crippen LogP contribution in [0.3, 0.4) is 0 Å². The molecule has 2 aliphatic rings. The van der Waals surface area contributed by atoms with Crippen molar-refractivity contribution in [1.82, 2.24) is 10.2 Å². The molecule has 0 bridgehead atoms. The largest absolute Gasteiger partial charge is 0.454 e. The lowest BCUT2D eigenvalue weighted by molar-refractivity contribution is -0.121. The Bertz CT molecular complexity index is 789. The van der Waals surface area contributed by atoms with Crippen molar-refractivity contribution >= 4 is 11.6 Å². The van der Waals surface area contributed by atoms with Crippen LogP contribution in [0.4, 0.5) is 5.69 Å². The van der Waals surface area contributed by atoms with Gasteiger partial charge in [-0.2, -0.15) is 0 Å². The minimum atomic E-state index is 0.0978. The number of rotatable bonds is 7. The van der Waals surface area contributed by atoms with E-state index in [1.807, 2.05) is 18.2 Å². The minimum Gasteiger partial charge on any atom is -0.454 e. The zero-order valence-corrected chi connectivity index (χ0v) is 16.1. The summed E-state index contributed by atoms with van der Waals surface area (Å²) in [5, 5.41) is 3.05. The first-order valence-electron chi connectivity index (χ1n) is 9.95. The summed E-state index contributed by atoms with van der Waals surface area (Å²) < 4.78 is 10.7. The van der Waals surface area contributed by atoms with Crippen LogP contribution in [0.5, 0.6) is 11.5 Å². The number of carbonyl (C=O) groups excluding carboxylic acids is 1. The smallest absolute Gasteiger partial charge is 0.231 e. The molecular formula is C22H27N3O3. The fourth-order valence-corrected chi connectivity index (χ4v) is 3.66. The van der Waals surface area contributed by atoms with E-state index in [-0.39, 0.29) is 12.7 Å². The first kappa shape index (κ1) is 18.6. The van der Waals surface area contributed by atoms with Crippen molar-refractivity contribution in [3.63, 3.8) is 0 Å². The van der Waals surface area contributed by atoms with E-state index in [9.17, 15) is 4.79 Å². The van der Waals surface area contributed by atoms with Gasteiger partial charge in [0, 0.05) is 51.4 Å². The van der Waals surface area contributed by atoms with Gasteiger partial charge in [0.25, 0.3) is 0 Å². The number of fused-ring (bicyclic) bond motifs is 1. The number of aryl methyl sites for hydroxylation is 1. The molecule has 2 aromatic carbocycles. The predicted molar refractivity (Wildman–Crippen MR) is 109 cm³/mol. The predicted octanol–water partition coefficient (Wildman–Crippen LogP) is 2.29. The molecule has 4 rings (SSSR count). The average molecular weight is 381 g/mol. The number of hydrogen-bond acceptors (Lipinski definition) is 5. The lowest BCUT2D eigenvalue weighted by Gasteiger charge is -2.36. The molecule has 6 heteroatoms. The highest BCUT2D eigenvalue weighted by molar-refractivity contribution is 5.76. The minimum absolute atomic E-state index is 0.0978. The maximum absolute atomic E-state index is 12.1. The summed E-state index contributed by atoms with van der Waals surface area (Å²) >= 11 is 0. The number of piperazine rings is 1. The Balaban J connectivity index is 1.12. The van der Waals surface area contributed by atoms with Crippen LogP contribution in [0.25, 0.3) is 0 Å². The molecule has 0 radical (unpaired) electrons. The number of amides is 1. The van der Waals surface area contributed by atoms with Crippen LogP contribution >= 0.6 is 0 Å². The maximum atomic E-state index is 12.1. The number of carbonyl (C=O) groups is 1. The summed E-state index contributed by atoms with van der Waals surface area (Å²) in [6, 6.07) is 16.4. The summed E-state index contributed by atoms with van der Waals surface area (Å²) in [5.74, 6) is 1.65. The van der Waals surface area contributed by atoms with Gasteiger partial charge < -0.3 is 19.7 Å². The third-order valence-corrected chi connectivity index (χ3v) is 5.32. The zero-order chi connectivity index (χ0) is 19.2. The van der Waals surface area contributed by atoms with Gasteiger partial charge in [0.05, 0.1) is 0 Å². The van der Waals surface area contributed by atoms with Crippen molar-refractivity contribution in [2.75, 3.05) is 51.0 Å². The molecule has 148 valence electrons. The summed E-state index contributed by atoms with van der Waals surface area (Å²) in [7, 11) is 0. The molecule has 1 N–H and O–H groups in total. The Morgan fingerprint density at radius 1 is 0.964 bits per heavy atom. The Morgan fingerprint density at radius 2 is 1.75 bits per heavy atom. The van der Waals surface area contributed by atoms with Gasteiger partial charge in [0.1, 0.15) is 0 Å². The van der Waals surface area contributed by atoms with Crippen molar-refractivity contribution < 1.29 is 14.3 Å². The van der Waals surface area contributed by atoms with Crippen LogP contribution in [0.1, 0.15) is 12.0 Å².